The summed E-state index contributed by atoms with van der Waals surface area (Å²) in [5.74, 6) is 1.32. The van der Waals surface area contributed by atoms with Gasteiger partial charge in [-0.25, -0.2) is 0 Å². The lowest BCUT2D eigenvalue weighted by molar-refractivity contribution is -0.225. The van der Waals surface area contributed by atoms with E-state index in [4.69, 9.17) is 51.5 Å². The van der Waals surface area contributed by atoms with E-state index >= 15 is 0 Å². The van der Waals surface area contributed by atoms with Gasteiger partial charge in [0.2, 0.25) is 5.91 Å². The number of thiol groups is 2. The van der Waals surface area contributed by atoms with Crippen molar-refractivity contribution in [1.29, 1.82) is 0 Å². The summed E-state index contributed by atoms with van der Waals surface area (Å²) in [5, 5.41) is 0. The summed E-state index contributed by atoms with van der Waals surface area (Å²) in [6.07, 6.45) is 2.33. The molecule has 0 aromatic heterocycles. The summed E-state index contributed by atoms with van der Waals surface area (Å²) < 4.78 is 45.6. The summed E-state index contributed by atoms with van der Waals surface area (Å²) >= 11 is 9.56. The van der Waals surface area contributed by atoms with Crippen LogP contribution in [0.1, 0.15) is 239 Å². The molecular formula is C56H121NO8S2. The molecule has 0 saturated carbocycles. The summed E-state index contributed by atoms with van der Waals surface area (Å²) in [5.41, 5.74) is 4.84. The van der Waals surface area contributed by atoms with Crippen molar-refractivity contribution in [3.8, 4) is 0 Å². The largest absolute Gasteiger partial charge is 0.376 e. The number of ether oxygens (including phenoxy) is 7. The molecule has 0 aromatic carbocycles. The van der Waals surface area contributed by atoms with Gasteiger partial charge in [-0.15, -0.1) is 12.6 Å². The molecule has 410 valence electrons. The van der Waals surface area contributed by atoms with Gasteiger partial charge in [0.25, 0.3) is 0 Å². The normalized spacial score (nSPS) is 17.2. The van der Waals surface area contributed by atoms with Gasteiger partial charge in [-0.05, 0) is 137 Å². The minimum absolute atomic E-state index is 0.00635. The van der Waals surface area contributed by atoms with E-state index in [0.717, 1.165) is 31.6 Å². The third-order valence-corrected chi connectivity index (χ3v) is 10.2. The van der Waals surface area contributed by atoms with E-state index in [-0.39, 0.29) is 46.8 Å². The topological polar surface area (TPSA) is 108 Å². The molecule has 0 heterocycles. The molecular weight excluding hydrogens is 879 g/mol. The molecule has 0 fully saturated rings. The first-order valence-corrected chi connectivity index (χ1v) is 27.8. The molecule has 0 saturated heterocycles. The van der Waals surface area contributed by atoms with Gasteiger partial charge in [0, 0.05) is 11.2 Å². The second-order valence-electron chi connectivity index (χ2n) is 22.5. The second-order valence-corrected chi connectivity index (χ2v) is 24.3. The van der Waals surface area contributed by atoms with Crippen LogP contribution in [-0.2, 0) is 38.0 Å². The van der Waals surface area contributed by atoms with Gasteiger partial charge in [0.05, 0.1) is 67.5 Å². The maximum atomic E-state index is 13.8. The Balaban J connectivity index is -0.00000118. The number of amides is 1. The minimum Gasteiger partial charge on any atom is -0.376 e. The van der Waals surface area contributed by atoms with Crippen LogP contribution in [0.3, 0.4) is 0 Å². The molecule has 2 N–H and O–H groups in total. The molecule has 1 amide bonds. The van der Waals surface area contributed by atoms with E-state index in [2.05, 4.69) is 110 Å². The van der Waals surface area contributed by atoms with Crippen molar-refractivity contribution in [2.75, 3.05) is 19.8 Å². The zero-order valence-electron chi connectivity index (χ0n) is 49.8. The SMILES string of the molecule is CC.CC.CC.CC(C)C.CCCC(OCC(C)(S)CC(C)OC(C)C)C(OC(C)(C)CC(C)OC(C)S)C(OCC(C)(C)CC(C)OC(C)C)C(OCC(C)(C)CC(C)CC(C)C)C(N)=O. The van der Waals surface area contributed by atoms with Gasteiger partial charge in [0.1, 0.15) is 12.2 Å². The number of carbonyl (C=O) groups is 1. The molecule has 0 spiro atoms. The molecule has 0 radical (unpaired) electrons. The lowest BCUT2D eigenvalue weighted by Gasteiger charge is -2.43. The van der Waals surface area contributed by atoms with Gasteiger partial charge in [-0.3, -0.25) is 4.79 Å². The molecule has 0 bridgehead atoms. The molecule has 0 aliphatic carbocycles. The van der Waals surface area contributed by atoms with Crippen molar-refractivity contribution in [3.05, 3.63) is 0 Å². The first-order valence-electron chi connectivity index (χ1n) is 26.8. The van der Waals surface area contributed by atoms with Gasteiger partial charge in [-0.2, -0.15) is 12.6 Å². The Labute approximate surface area is 430 Å². The fourth-order valence-electron chi connectivity index (χ4n) is 8.52. The predicted octanol–water partition coefficient (Wildman–Crippen LogP) is 15.6. The Bertz CT molecular complexity index is 1130. The number of carbonyl (C=O) groups excluding carboxylic acids is 1. The van der Waals surface area contributed by atoms with Crippen LogP contribution in [0, 0.1) is 28.6 Å². The summed E-state index contributed by atoms with van der Waals surface area (Å²) in [4.78, 5) is 13.8. The fourth-order valence-corrected chi connectivity index (χ4v) is 9.06. The Morgan fingerprint density at radius 2 is 0.985 bits per heavy atom. The van der Waals surface area contributed by atoms with Crippen molar-refractivity contribution in [3.63, 3.8) is 0 Å². The molecule has 10 unspecified atom stereocenters. The van der Waals surface area contributed by atoms with Crippen molar-refractivity contribution >= 4 is 31.2 Å². The Morgan fingerprint density at radius 1 is 0.567 bits per heavy atom. The van der Waals surface area contributed by atoms with E-state index in [1.807, 2.05) is 96.9 Å². The highest BCUT2D eigenvalue weighted by molar-refractivity contribution is 7.81. The van der Waals surface area contributed by atoms with E-state index in [1.54, 1.807) is 0 Å². The number of hydrogen-bond acceptors (Lipinski definition) is 10. The number of hydrogen-bond donors (Lipinski definition) is 3. The number of rotatable bonds is 33. The van der Waals surface area contributed by atoms with Crippen LogP contribution in [-0.4, -0.2) is 96.4 Å². The van der Waals surface area contributed by atoms with Crippen molar-refractivity contribution in [2.24, 2.45) is 34.3 Å². The standard InChI is InChI=1S/C46H93NO8S2.C4H10.3C2H6/c1-20-21-38(49-29-46(19,57)26-36(11)53-32(6)7)39(55-45(17,18)25-35(10)54-37(12)56)40(50-28-44(15,16)24-34(9)52-31(4)5)41(42(47)48)51-27-43(13,14)23-33(8)22-30(2)3;1-4(2)3;3*1-2/h30-41,56-57H,20-29H2,1-19H3,(H2,47,48);4H,1-3H3;3*1-2H3. The molecule has 0 aromatic rings. The Morgan fingerprint density at radius 3 is 1.39 bits per heavy atom. The monoisotopic (exact) mass is 1000 g/mol. The van der Waals surface area contributed by atoms with Gasteiger partial charge in [-0.1, -0.05) is 124 Å². The van der Waals surface area contributed by atoms with Gasteiger partial charge >= 0.3 is 0 Å². The lowest BCUT2D eigenvalue weighted by atomic mass is 9.81. The number of nitrogens with two attached hydrogens (primary N) is 1. The minimum atomic E-state index is -1.11. The molecule has 10 atom stereocenters. The Hall–Kier alpha value is -0.110. The van der Waals surface area contributed by atoms with Crippen molar-refractivity contribution in [2.45, 2.75) is 310 Å². The maximum absolute atomic E-state index is 13.8. The van der Waals surface area contributed by atoms with Crippen LogP contribution in [0.2, 0.25) is 0 Å². The molecule has 11 heteroatoms. The average Bonchev–Trinajstić information content (AvgIpc) is 3.13. The third kappa shape index (κ3) is 44.3. The summed E-state index contributed by atoms with van der Waals surface area (Å²) in [6, 6.07) is 0. The molecule has 0 rings (SSSR count). The Kier molecular flexibility index (Phi) is 45.7. The second kappa shape index (κ2) is 40.4. The van der Waals surface area contributed by atoms with Gasteiger partial charge in [0.15, 0.2) is 6.10 Å². The van der Waals surface area contributed by atoms with E-state index in [9.17, 15) is 4.79 Å². The van der Waals surface area contributed by atoms with Gasteiger partial charge < -0.3 is 38.9 Å². The first kappa shape index (κ1) is 75.8. The number of primary amides is 1. The highest BCUT2D eigenvalue weighted by atomic mass is 32.1. The molecule has 0 aliphatic rings. The summed E-state index contributed by atoms with van der Waals surface area (Å²) in [6.45, 7) is 59.5. The van der Waals surface area contributed by atoms with Crippen LogP contribution in [0.15, 0.2) is 0 Å². The first-order chi connectivity index (χ1) is 30.6. The summed E-state index contributed by atoms with van der Waals surface area (Å²) in [7, 11) is 0. The highest BCUT2D eigenvalue weighted by Crippen LogP contribution is 2.35. The third-order valence-electron chi connectivity index (χ3n) is 9.79. The zero-order chi connectivity index (χ0) is 54.1. The highest BCUT2D eigenvalue weighted by Gasteiger charge is 2.45. The van der Waals surface area contributed by atoms with Crippen molar-refractivity contribution < 1.29 is 38.0 Å². The van der Waals surface area contributed by atoms with E-state index < -0.39 is 40.7 Å². The maximum Gasteiger partial charge on any atom is 0.249 e. The lowest BCUT2D eigenvalue weighted by Crippen LogP contribution is -2.57. The van der Waals surface area contributed by atoms with Crippen LogP contribution in [0.25, 0.3) is 0 Å². The fraction of sp³-hybridized carbons (Fsp3) is 0.982. The van der Waals surface area contributed by atoms with E-state index in [0.29, 0.717) is 50.9 Å². The molecule has 67 heavy (non-hydrogen) atoms. The smallest absolute Gasteiger partial charge is 0.249 e. The predicted molar refractivity (Wildman–Crippen MR) is 299 cm³/mol. The average molecular weight is 1000 g/mol. The van der Waals surface area contributed by atoms with Crippen LogP contribution in [0.5, 0.6) is 0 Å². The van der Waals surface area contributed by atoms with Crippen LogP contribution < -0.4 is 5.73 Å². The van der Waals surface area contributed by atoms with Crippen molar-refractivity contribution in [1.82, 2.24) is 0 Å². The van der Waals surface area contributed by atoms with E-state index in [1.165, 1.54) is 0 Å². The molecule has 9 nitrogen and oxygen atoms in total. The molecule has 0 aliphatic heterocycles. The quantitative estimate of drug-likeness (QED) is 0.0441. The van der Waals surface area contributed by atoms with Crippen LogP contribution in [0.4, 0.5) is 0 Å². The zero-order valence-corrected chi connectivity index (χ0v) is 51.6. The van der Waals surface area contributed by atoms with Crippen LogP contribution >= 0.6 is 25.3 Å².